The van der Waals surface area contributed by atoms with E-state index >= 15 is 0 Å². The molecule has 0 saturated heterocycles. The van der Waals surface area contributed by atoms with Gasteiger partial charge in [0.1, 0.15) is 23.3 Å². The van der Waals surface area contributed by atoms with E-state index in [0.717, 1.165) is 35.0 Å². The van der Waals surface area contributed by atoms with Gasteiger partial charge in [-0.25, -0.2) is 17.6 Å². The molecular formula is C26H27F4N3O6S. The van der Waals surface area contributed by atoms with Crippen LogP contribution in [0.2, 0.25) is 0 Å². The number of hydrogen-bond acceptors (Lipinski definition) is 6. The van der Waals surface area contributed by atoms with Crippen LogP contribution in [0, 0.1) is 17.7 Å². The summed E-state index contributed by atoms with van der Waals surface area (Å²) in [5, 5.41) is 5.00. The summed E-state index contributed by atoms with van der Waals surface area (Å²) in [4.78, 5) is 24.0. The topological polar surface area (TPSA) is 114 Å². The molecule has 0 aromatic heterocycles. The van der Waals surface area contributed by atoms with Crippen molar-refractivity contribution in [2.45, 2.75) is 55.4 Å². The molecule has 5 rings (SSSR count). The number of halogens is 4. The number of sulfonamides is 1. The molecule has 1 aliphatic heterocycles. The summed E-state index contributed by atoms with van der Waals surface area (Å²) < 4.78 is 92.7. The van der Waals surface area contributed by atoms with Crippen LogP contribution in [0.3, 0.4) is 0 Å². The van der Waals surface area contributed by atoms with Gasteiger partial charge in [-0.15, -0.1) is 0 Å². The fourth-order valence-corrected chi connectivity index (χ4v) is 7.32. The highest BCUT2D eigenvalue weighted by molar-refractivity contribution is 7.92. The molecule has 2 unspecified atom stereocenters. The standard InChI is InChI=1S/C26H27F4N3O6S/c1-15(34)31-12-18-13-33(40(36,37)19-8-5-16(27)6-9-19)22-11-17(7-10-23(22)38-18)32-24(35)39-25(14-26(28,29)30)20-3-2-4-21(20)25/h5-11,18,20-21H,2-4,12-14H2,1H3,(H,31,34)(H,32,35)/t18-,20?,21?,25?/m0/s1. The van der Waals surface area contributed by atoms with Crippen LogP contribution in [0.25, 0.3) is 0 Å². The minimum absolute atomic E-state index is 0.000159. The number of fused-ring (bicyclic) bond motifs is 2. The number of carbonyl (C=O) groups excluding carboxylic acids is 2. The molecule has 216 valence electrons. The fraction of sp³-hybridized carbons (Fsp3) is 0.462. The second-order valence-corrected chi connectivity index (χ2v) is 12.1. The second-order valence-electron chi connectivity index (χ2n) is 10.3. The van der Waals surface area contributed by atoms with Gasteiger partial charge in [-0.1, -0.05) is 6.42 Å². The zero-order valence-corrected chi connectivity index (χ0v) is 22.1. The predicted molar refractivity (Wildman–Crippen MR) is 135 cm³/mol. The van der Waals surface area contributed by atoms with Gasteiger partial charge in [0, 0.05) is 24.4 Å². The van der Waals surface area contributed by atoms with Crippen molar-refractivity contribution in [2.24, 2.45) is 11.8 Å². The molecule has 0 spiro atoms. The Morgan fingerprint density at radius 3 is 2.42 bits per heavy atom. The summed E-state index contributed by atoms with van der Waals surface area (Å²) in [6.07, 6.45) is -5.68. The van der Waals surface area contributed by atoms with Crippen molar-refractivity contribution in [3.63, 3.8) is 0 Å². The van der Waals surface area contributed by atoms with Crippen molar-refractivity contribution in [2.75, 3.05) is 22.7 Å². The fourth-order valence-electron chi connectivity index (χ4n) is 5.82. The summed E-state index contributed by atoms with van der Waals surface area (Å²) >= 11 is 0. The number of carbonyl (C=O) groups is 2. The van der Waals surface area contributed by atoms with Crippen molar-refractivity contribution >= 4 is 33.4 Å². The lowest BCUT2D eigenvalue weighted by molar-refractivity contribution is -0.162. The monoisotopic (exact) mass is 585 g/mol. The number of nitrogens with zero attached hydrogens (tertiary/aromatic N) is 1. The largest absolute Gasteiger partial charge is 0.484 e. The summed E-state index contributed by atoms with van der Waals surface area (Å²) in [5.41, 5.74) is -1.48. The number of alkyl halides is 3. The Bertz CT molecular complexity index is 1410. The lowest BCUT2D eigenvalue weighted by Gasteiger charge is -2.35. The summed E-state index contributed by atoms with van der Waals surface area (Å²) in [6, 6.07) is 8.31. The van der Waals surface area contributed by atoms with E-state index in [1.807, 2.05) is 0 Å². The van der Waals surface area contributed by atoms with Crippen molar-refractivity contribution in [3.05, 3.63) is 48.3 Å². The second kappa shape index (κ2) is 10.1. The molecule has 2 aromatic carbocycles. The summed E-state index contributed by atoms with van der Waals surface area (Å²) in [6.45, 7) is 1.08. The quantitative estimate of drug-likeness (QED) is 0.460. The van der Waals surface area contributed by atoms with Gasteiger partial charge in [-0.2, -0.15) is 13.2 Å². The summed E-state index contributed by atoms with van der Waals surface area (Å²) in [5.74, 6) is -1.53. The third-order valence-corrected chi connectivity index (χ3v) is 9.33. The van der Waals surface area contributed by atoms with Crippen LogP contribution in [-0.4, -0.2) is 51.4 Å². The Balaban J connectivity index is 1.40. The number of nitrogens with one attached hydrogen (secondary N) is 2. The molecule has 2 saturated carbocycles. The zero-order chi connectivity index (χ0) is 28.9. The minimum Gasteiger partial charge on any atom is -0.484 e. The zero-order valence-electron chi connectivity index (χ0n) is 21.3. The van der Waals surface area contributed by atoms with E-state index in [1.54, 1.807) is 0 Å². The molecule has 3 atom stereocenters. The molecule has 3 aliphatic rings. The predicted octanol–water partition coefficient (Wildman–Crippen LogP) is 4.59. The third-order valence-electron chi connectivity index (χ3n) is 7.54. The molecule has 40 heavy (non-hydrogen) atoms. The highest BCUT2D eigenvalue weighted by Crippen LogP contribution is 2.66. The van der Waals surface area contributed by atoms with Crippen LogP contribution in [-0.2, 0) is 19.6 Å². The number of anilines is 2. The van der Waals surface area contributed by atoms with Crippen LogP contribution in [0.5, 0.6) is 5.75 Å². The third kappa shape index (κ3) is 5.54. The highest BCUT2D eigenvalue weighted by atomic mass is 32.2. The van der Waals surface area contributed by atoms with E-state index in [1.165, 1.54) is 25.1 Å². The van der Waals surface area contributed by atoms with Gasteiger partial charge in [0.05, 0.1) is 30.1 Å². The molecule has 2 aromatic rings. The first-order valence-electron chi connectivity index (χ1n) is 12.7. The van der Waals surface area contributed by atoms with Crippen LogP contribution in [0.4, 0.5) is 33.7 Å². The number of ether oxygens (including phenoxy) is 2. The molecule has 0 radical (unpaired) electrons. The molecule has 2 aliphatic carbocycles. The number of rotatable bonds is 7. The molecule has 14 heteroatoms. The van der Waals surface area contributed by atoms with Gasteiger partial charge in [0.25, 0.3) is 10.0 Å². The Labute approximate surface area is 227 Å². The normalized spacial score (nSPS) is 25.3. The smallest absolute Gasteiger partial charge is 0.412 e. The SMILES string of the molecule is CC(=O)NC[C@H]1CN(S(=O)(=O)c2ccc(F)cc2)c2cc(NC(=O)OC3(CC(F)(F)F)C4CCCC43)ccc2O1. The van der Waals surface area contributed by atoms with Crippen molar-refractivity contribution < 1.29 is 45.0 Å². The number of benzene rings is 2. The molecule has 2 fully saturated rings. The molecule has 1 heterocycles. The maximum Gasteiger partial charge on any atom is 0.412 e. The van der Waals surface area contributed by atoms with Gasteiger partial charge in [-0.3, -0.25) is 14.4 Å². The average Bonchev–Trinajstić information content (AvgIpc) is 3.18. The lowest BCUT2D eigenvalue weighted by Crippen LogP contribution is -2.48. The first kappa shape index (κ1) is 28.0. The van der Waals surface area contributed by atoms with Gasteiger partial charge in [0.2, 0.25) is 5.91 Å². The van der Waals surface area contributed by atoms with Crippen molar-refractivity contribution in [3.8, 4) is 5.75 Å². The van der Waals surface area contributed by atoms with E-state index in [0.29, 0.717) is 12.8 Å². The maximum atomic E-state index is 13.6. The minimum atomic E-state index is -4.50. The van der Waals surface area contributed by atoms with Gasteiger partial charge in [-0.05, 0) is 55.3 Å². The Morgan fingerprint density at radius 2 is 1.80 bits per heavy atom. The van der Waals surface area contributed by atoms with E-state index in [9.17, 15) is 35.6 Å². The van der Waals surface area contributed by atoms with Gasteiger partial charge in [0.15, 0.2) is 0 Å². The van der Waals surface area contributed by atoms with Gasteiger partial charge >= 0.3 is 12.3 Å². The molecular weight excluding hydrogens is 558 g/mol. The Kier molecular flexibility index (Phi) is 7.09. The van der Waals surface area contributed by atoms with Crippen molar-refractivity contribution in [1.29, 1.82) is 0 Å². The van der Waals surface area contributed by atoms with E-state index in [4.69, 9.17) is 9.47 Å². The molecule has 2 amide bonds. The molecule has 0 bridgehead atoms. The lowest BCUT2D eigenvalue weighted by atomic mass is 10.0. The Morgan fingerprint density at radius 1 is 1.12 bits per heavy atom. The van der Waals surface area contributed by atoms with Crippen LogP contribution >= 0.6 is 0 Å². The van der Waals surface area contributed by atoms with E-state index in [2.05, 4.69) is 10.6 Å². The Hall–Kier alpha value is -3.55. The first-order chi connectivity index (χ1) is 18.8. The van der Waals surface area contributed by atoms with E-state index < -0.39 is 46.2 Å². The molecule has 9 nitrogen and oxygen atoms in total. The maximum absolute atomic E-state index is 13.6. The number of amides is 2. The highest BCUT2D eigenvalue weighted by Gasteiger charge is 2.72. The van der Waals surface area contributed by atoms with E-state index in [-0.39, 0.29) is 52.9 Å². The summed E-state index contributed by atoms with van der Waals surface area (Å²) in [7, 11) is -4.25. The average molecular weight is 586 g/mol. The van der Waals surface area contributed by atoms with Crippen LogP contribution in [0.1, 0.15) is 32.6 Å². The first-order valence-corrected chi connectivity index (χ1v) is 14.1. The molecule has 2 N–H and O–H groups in total. The van der Waals surface area contributed by atoms with Crippen LogP contribution < -0.4 is 19.7 Å². The van der Waals surface area contributed by atoms with Crippen LogP contribution in [0.15, 0.2) is 47.4 Å². The number of hydrogen-bond donors (Lipinski definition) is 2. The van der Waals surface area contributed by atoms with Gasteiger partial charge < -0.3 is 14.8 Å². The van der Waals surface area contributed by atoms with Crippen molar-refractivity contribution in [1.82, 2.24) is 5.32 Å².